The van der Waals surface area contributed by atoms with Gasteiger partial charge < -0.3 is 9.47 Å². The van der Waals surface area contributed by atoms with Crippen molar-refractivity contribution in [1.29, 1.82) is 0 Å². The van der Waals surface area contributed by atoms with E-state index in [0.717, 1.165) is 11.4 Å². The summed E-state index contributed by atoms with van der Waals surface area (Å²) < 4.78 is 36.0. The van der Waals surface area contributed by atoms with E-state index >= 15 is 0 Å². The number of esters is 2. The second-order valence-electron chi connectivity index (χ2n) is 5.08. The minimum atomic E-state index is -4.06. The molecule has 0 radical (unpaired) electrons. The van der Waals surface area contributed by atoms with Crippen molar-refractivity contribution < 1.29 is 27.5 Å². The van der Waals surface area contributed by atoms with Gasteiger partial charge in [-0.2, -0.15) is 0 Å². The SMILES string of the molecule is COC(=O)CN(c1ccc(C(=O)OC)cc1)S(=O)(=O)c1ccc(Cl)cc1. The molecule has 0 atom stereocenters. The first-order valence-corrected chi connectivity index (χ1v) is 9.15. The lowest BCUT2D eigenvalue weighted by Gasteiger charge is -2.23. The minimum absolute atomic E-state index is 0.0390. The average Bonchev–Trinajstić information content (AvgIpc) is 2.65. The summed E-state index contributed by atoms with van der Waals surface area (Å²) in [7, 11) is -1.65. The van der Waals surface area contributed by atoms with Crippen LogP contribution in [0.25, 0.3) is 0 Å². The molecule has 2 aromatic rings. The predicted octanol–water partition coefficient (Wildman–Crippen LogP) is 2.49. The van der Waals surface area contributed by atoms with Crippen molar-refractivity contribution >= 4 is 39.3 Å². The Morgan fingerprint density at radius 1 is 0.962 bits per heavy atom. The summed E-state index contributed by atoms with van der Waals surface area (Å²) in [6.45, 7) is -0.529. The predicted molar refractivity (Wildman–Crippen MR) is 95.8 cm³/mol. The summed E-state index contributed by atoms with van der Waals surface area (Å²) >= 11 is 5.80. The normalized spacial score (nSPS) is 10.9. The van der Waals surface area contributed by atoms with Crippen molar-refractivity contribution in [3.8, 4) is 0 Å². The number of hydrogen-bond donors (Lipinski definition) is 0. The molecule has 0 saturated heterocycles. The molecule has 0 N–H and O–H groups in total. The molecule has 0 spiro atoms. The summed E-state index contributed by atoms with van der Waals surface area (Å²) in [4.78, 5) is 23.2. The van der Waals surface area contributed by atoms with E-state index in [2.05, 4.69) is 9.47 Å². The minimum Gasteiger partial charge on any atom is -0.468 e. The second kappa shape index (κ2) is 8.20. The van der Waals surface area contributed by atoms with Crippen LogP contribution in [0.2, 0.25) is 5.02 Å². The van der Waals surface area contributed by atoms with Crippen LogP contribution in [0.15, 0.2) is 53.4 Å². The van der Waals surface area contributed by atoms with Gasteiger partial charge in [0.25, 0.3) is 10.0 Å². The molecule has 2 aromatic carbocycles. The van der Waals surface area contributed by atoms with E-state index in [1.165, 1.54) is 55.6 Å². The van der Waals surface area contributed by atoms with Gasteiger partial charge in [0.05, 0.1) is 30.4 Å². The van der Waals surface area contributed by atoms with Crippen LogP contribution in [0, 0.1) is 0 Å². The van der Waals surface area contributed by atoms with Crippen molar-refractivity contribution in [1.82, 2.24) is 0 Å². The zero-order chi connectivity index (χ0) is 19.3. The quantitative estimate of drug-likeness (QED) is 0.695. The molecular weight excluding hydrogens is 382 g/mol. The fraction of sp³-hybridized carbons (Fsp3) is 0.176. The molecule has 0 bridgehead atoms. The third-order valence-electron chi connectivity index (χ3n) is 3.48. The number of sulfonamides is 1. The Morgan fingerprint density at radius 3 is 2.04 bits per heavy atom. The van der Waals surface area contributed by atoms with Gasteiger partial charge in [-0.1, -0.05) is 11.6 Å². The van der Waals surface area contributed by atoms with E-state index in [-0.39, 0.29) is 16.1 Å². The zero-order valence-electron chi connectivity index (χ0n) is 14.0. The second-order valence-corrected chi connectivity index (χ2v) is 7.38. The Kier molecular flexibility index (Phi) is 6.23. The highest BCUT2D eigenvalue weighted by molar-refractivity contribution is 7.92. The number of hydrogen-bond acceptors (Lipinski definition) is 6. The number of rotatable bonds is 6. The number of benzene rings is 2. The van der Waals surface area contributed by atoms with Crippen LogP contribution in [-0.4, -0.2) is 41.1 Å². The highest BCUT2D eigenvalue weighted by Gasteiger charge is 2.27. The molecule has 0 aromatic heterocycles. The van der Waals surface area contributed by atoms with Gasteiger partial charge in [-0.15, -0.1) is 0 Å². The van der Waals surface area contributed by atoms with E-state index < -0.39 is 28.5 Å². The van der Waals surface area contributed by atoms with Gasteiger partial charge in [-0.05, 0) is 48.5 Å². The molecule has 0 unspecified atom stereocenters. The number of halogens is 1. The van der Waals surface area contributed by atoms with Crippen LogP contribution >= 0.6 is 11.6 Å². The summed E-state index contributed by atoms with van der Waals surface area (Å²) in [6, 6.07) is 11.2. The van der Waals surface area contributed by atoms with Crippen molar-refractivity contribution in [2.45, 2.75) is 4.90 Å². The molecule has 0 aliphatic heterocycles. The molecular formula is C17H16ClNO6S. The third-order valence-corrected chi connectivity index (χ3v) is 5.52. The number of ether oxygens (including phenoxy) is 2. The van der Waals surface area contributed by atoms with E-state index in [1.54, 1.807) is 0 Å². The van der Waals surface area contributed by atoms with Gasteiger partial charge in [-0.25, -0.2) is 13.2 Å². The van der Waals surface area contributed by atoms with Gasteiger partial charge in [-0.3, -0.25) is 9.10 Å². The zero-order valence-corrected chi connectivity index (χ0v) is 15.6. The van der Waals surface area contributed by atoms with Gasteiger partial charge >= 0.3 is 11.9 Å². The molecule has 0 fully saturated rings. The number of methoxy groups -OCH3 is 2. The topological polar surface area (TPSA) is 90.0 Å². The van der Waals surface area contributed by atoms with Gasteiger partial charge in [0.1, 0.15) is 6.54 Å². The average molecular weight is 398 g/mol. The number of nitrogens with zero attached hydrogens (tertiary/aromatic N) is 1. The molecule has 26 heavy (non-hydrogen) atoms. The summed E-state index contributed by atoms with van der Waals surface area (Å²) in [6.07, 6.45) is 0. The standard InChI is InChI=1S/C17H16ClNO6S/c1-24-16(20)11-19(14-7-3-12(4-8-14)17(21)25-2)26(22,23)15-9-5-13(18)6-10-15/h3-10H,11H2,1-2H3. The van der Waals surface area contributed by atoms with E-state index in [4.69, 9.17) is 11.6 Å². The fourth-order valence-corrected chi connectivity index (χ4v) is 3.65. The maximum atomic E-state index is 13.0. The Hall–Kier alpha value is -2.58. The first kappa shape index (κ1) is 19.7. The van der Waals surface area contributed by atoms with Crippen molar-refractivity contribution in [2.75, 3.05) is 25.1 Å². The molecule has 0 saturated carbocycles. The lowest BCUT2D eigenvalue weighted by Crippen LogP contribution is -2.36. The molecule has 0 amide bonds. The first-order valence-electron chi connectivity index (χ1n) is 7.33. The monoisotopic (exact) mass is 397 g/mol. The Morgan fingerprint density at radius 2 is 1.54 bits per heavy atom. The van der Waals surface area contributed by atoms with E-state index in [9.17, 15) is 18.0 Å². The number of carbonyl (C=O) groups excluding carboxylic acids is 2. The largest absolute Gasteiger partial charge is 0.468 e. The first-order chi connectivity index (χ1) is 12.3. The van der Waals surface area contributed by atoms with Crippen LogP contribution < -0.4 is 4.31 Å². The Balaban J connectivity index is 2.47. The summed E-state index contributed by atoms with van der Waals surface area (Å²) in [5.74, 6) is -1.30. The van der Waals surface area contributed by atoms with Crippen LogP contribution in [0.5, 0.6) is 0 Å². The van der Waals surface area contributed by atoms with Crippen LogP contribution in [-0.2, 0) is 24.3 Å². The molecule has 0 heterocycles. The van der Waals surface area contributed by atoms with E-state index in [0.29, 0.717) is 5.02 Å². The van der Waals surface area contributed by atoms with Gasteiger partial charge in [0.15, 0.2) is 0 Å². The van der Waals surface area contributed by atoms with Crippen LogP contribution in [0.4, 0.5) is 5.69 Å². The summed E-state index contributed by atoms with van der Waals surface area (Å²) in [5.41, 5.74) is 0.441. The van der Waals surface area contributed by atoms with Crippen LogP contribution in [0.1, 0.15) is 10.4 Å². The van der Waals surface area contributed by atoms with Gasteiger partial charge in [0, 0.05) is 5.02 Å². The van der Waals surface area contributed by atoms with Crippen molar-refractivity contribution in [2.24, 2.45) is 0 Å². The maximum Gasteiger partial charge on any atom is 0.337 e. The van der Waals surface area contributed by atoms with Gasteiger partial charge in [0.2, 0.25) is 0 Å². The van der Waals surface area contributed by atoms with E-state index in [1.807, 2.05) is 0 Å². The van der Waals surface area contributed by atoms with Crippen molar-refractivity contribution in [3.05, 3.63) is 59.1 Å². The maximum absolute atomic E-state index is 13.0. The smallest absolute Gasteiger partial charge is 0.337 e. The lowest BCUT2D eigenvalue weighted by atomic mass is 10.2. The molecule has 0 aliphatic carbocycles. The van der Waals surface area contributed by atoms with Crippen molar-refractivity contribution in [3.63, 3.8) is 0 Å². The highest BCUT2D eigenvalue weighted by atomic mass is 35.5. The lowest BCUT2D eigenvalue weighted by molar-refractivity contribution is -0.138. The van der Waals surface area contributed by atoms with Crippen LogP contribution in [0.3, 0.4) is 0 Å². The molecule has 7 nitrogen and oxygen atoms in total. The molecule has 138 valence electrons. The summed E-state index contributed by atoms with van der Waals surface area (Å²) in [5, 5.41) is 0.380. The number of anilines is 1. The Labute approximate surface area is 156 Å². The number of carbonyl (C=O) groups is 2. The molecule has 0 aliphatic rings. The highest BCUT2D eigenvalue weighted by Crippen LogP contribution is 2.25. The molecule has 9 heteroatoms. The fourth-order valence-electron chi connectivity index (χ4n) is 2.11. The Bertz CT molecular complexity index is 894. The molecule has 2 rings (SSSR count). The third kappa shape index (κ3) is 4.33.